The lowest BCUT2D eigenvalue weighted by Gasteiger charge is -2.30. The van der Waals surface area contributed by atoms with Crippen LogP contribution in [0.4, 0.5) is 0 Å². The van der Waals surface area contributed by atoms with E-state index in [1.54, 1.807) is 0 Å². The summed E-state index contributed by atoms with van der Waals surface area (Å²) in [6.45, 7) is 5.83. The van der Waals surface area contributed by atoms with Crippen molar-refractivity contribution < 1.29 is 5.11 Å². The van der Waals surface area contributed by atoms with Crippen molar-refractivity contribution in [1.29, 1.82) is 0 Å². The third-order valence-corrected chi connectivity index (χ3v) is 4.73. The van der Waals surface area contributed by atoms with E-state index in [1.807, 2.05) is 12.1 Å². The molecule has 0 aromatic heterocycles. The highest BCUT2D eigenvalue weighted by molar-refractivity contribution is 5.49. The molecule has 86 valence electrons. The van der Waals surface area contributed by atoms with Crippen molar-refractivity contribution in [3.63, 3.8) is 0 Å². The summed E-state index contributed by atoms with van der Waals surface area (Å²) in [7, 11) is 2.22. The molecule has 3 atom stereocenters. The highest BCUT2D eigenvalue weighted by Gasteiger charge is 2.52. The Hall–Kier alpha value is -1.02. The van der Waals surface area contributed by atoms with E-state index >= 15 is 0 Å². The van der Waals surface area contributed by atoms with Crippen LogP contribution in [0.1, 0.15) is 37.3 Å². The number of phenols is 1. The van der Waals surface area contributed by atoms with Crippen molar-refractivity contribution in [2.24, 2.45) is 0 Å². The van der Waals surface area contributed by atoms with Gasteiger partial charge < -0.3 is 10.0 Å². The SMILES string of the molecule is CC1c2ccc(O)cc2[C@]2(C)CCN(C)[C@H]12. The molecule has 0 amide bonds. The number of likely N-dealkylation sites (N-methyl/N-ethyl adjacent to an activating group) is 1. The molecular formula is C14H19NO. The molecule has 1 unspecified atom stereocenters. The summed E-state index contributed by atoms with van der Waals surface area (Å²) in [6.07, 6.45) is 1.20. The standard InChI is InChI=1S/C14H19NO/c1-9-11-5-4-10(16)8-12(11)14(2)6-7-15(3)13(9)14/h4-5,8-9,13,16H,6-7H2,1-3H3/t9?,13-,14+/m1/s1. The molecule has 0 saturated carbocycles. The van der Waals surface area contributed by atoms with Crippen molar-refractivity contribution >= 4 is 0 Å². The number of nitrogens with zero attached hydrogens (tertiary/aromatic N) is 1. The van der Waals surface area contributed by atoms with Gasteiger partial charge in [-0.05, 0) is 49.2 Å². The number of rotatable bonds is 0. The zero-order valence-electron chi connectivity index (χ0n) is 10.2. The summed E-state index contributed by atoms with van der Waals surface area (Å²) in [4.78, 5) is 2.47. The highest BCUT2D eigenvalue weighted by atomic mass is 16.3. The largest absolute Gasteiger partial charge is 0.508 e. The summed E-state index contributed by atoms with van der Waals surface area (Å²) in [5, 5.41) is 9.67. The molecule has 1 aromatic rings. The van der Waals surface area contributed by atoms with Crippen molar-refractivity contribution in [3.05, 3.63) is 29.3 Å². The average molecular weight is 217 g/mol. The van der Waals surface area contributed by atoms with Crippen LogP contribution in [0.5, 0.6) is 5.75 Å². The van der Waals surface area contributed by atoms with Crippen LogP contribution in [0.25, 0.3) is 0 Å². The number of phenolic OH excluding ortho intramolecular Hbond substituents is 1. The van der Waals surface area contributed by atoms with E-state index in [-0.39, 0.29) is 5.41 Å². The van der Waals surface area contributed by atoms with Gasteiger partial charge in [-0.25, -0.2) is 0 Å². The first kappa shape index (κ1) is 10.2. The number of fused-ring (bicyclic) bond motifs is 3. The molecule has 1 aromatic carbocycles. The van der Waals surface area contributed by atoms with Crippen LogP contribution >= 0.6 is 0 Å². The minimum atomic E-state index is 0.238. The molecule has 0 spiro atoms. The Kier molecular flexibility index (Phi) is 1.91. The maximum atomic E-state index is 9.67. The lowest BCUT2D eigenvalue weighted by molar-refractivity contribution is 0.244. The molecule has 2 aliphatic rings. The molecule has 1 fully saturated rings. The Morgan fingerprint density at radius 1 is 1.44 bits per heavy atom. The molecule has 2 heteroatoms. The smallest absolute Gasteiger partial charge is 0.115 e. The van der Waals surface area contributed by atoms with Gasteiger partial charge in [0.1, 0.15) is 5.75 Å². The Labute approximate surface area is 96.9 Å². The second-order valence-corrected chi connectivity index (χ2v) is 5.65. The quantitative estimate of drug-likeness (QED) is 0.721. The van der Waals surface area contributed by atoms with Crippen LogP contribution in [0.2, 0.25) is 0 Å². The van der Waals surface area contributed by atoms with Gasteiger partial charge in [0.2, 0.25) is 0 Å². The Balaban J connectivity index is 2.20. The lowest BCUT2D eigenvalue weighted by Crippen LogP contribution is -2.37. The highest BCUT2D eigenvalue weighted by Crippen LogP contribution is 2.53. The Morgan fingerprint density at radius 2 is 2.19 bits per heavy atom. The van der Waals surface area contributed by atoms with Gasteiger partial charge in [-0.15, -0.1) is 0 Å². The number of likely N-dealkylation sites (tertiary alicyclic amines) is 1. The zero-order chi connectivity index (χ0) is 11.5. The summed E-state index contributed by atoms with van der Waals surface area (Å²) in [5.41, 5.74) is 3.04. The molecule has 1 saturated heterocycles. The topological polar surface area (TPSA) is 23.5 Å². The first-order valence-corrected chi connectivity index (χ1v) is 6.07. The summed E-state index contributed by atoms with van der Waals surface area (Å²) in [6, 6.07) is 6.50. The van der Waals surface area contributed by atoms with E-state index in [0.29, 0.717) is 17.7 Å². The predicted octanol–water partition coefficient (Wildman–Crippen LogP) is 2.47. The van der Waals surface area contributed by atoms with Gasteiger partial charge in [0.15, 0.2) is 0 Å². The first-order valence-electron chi connectivity index (χ1n) is 6.07. The maximum Gasteiger partial charge on any atom is 0.115 e. The summed E-state index contributed by atoms with van der Waals surface area (Å²) >= 11 is 0. The fraction of sp³-hybridized carbons (Fsp3) is 0.571. The van der Waals surface area contributed by atoms with Crippen LogP contribution in [0, 0.1) is 0 Å². The van der Waals surface area contributed by atoms with E-state index in [9.17, 15) is 5.11 Å². The van der Waals surface area contributed by atoms with Crippen molar-refractivity contribution in [2.45, 2.75) is 37.6 Å². The molecule has 0 bridgehead atoms. The van der Waals surface area contributed by atoms with Gasteiger partial charge in [-0.3, -0.25) is 0 Å². The molecule has 16 heavy (non-hydrogen) atoms. The fourth-order valence-corrected chi connectivity index (χ4v) is 4.02. The summed E-state index contributed by atoms with van der Waals surface area (Å²) in [5.74, 6) is 0.982. The van der Waals surface area contributed by atoms with Crippen molar-refractivity contribution in [1.82, 2.24) is 4.90 Å². The van der Waals surface area contributed by atoms with Gasteiger partial charge in [0.05, 0.1) is 0 Å². The molecule has 2 nitrogen and oxygen atoms in total. The second-order valence-electron chi connectivity index (χ2n) is 5.65. The Bertz CT molecular complexity index is 442. The van der Waals surface area contributed by atoms with E-state index in [2.05, 4.69) is 31.9 Å². The average Bonchev–Trinajstić information content (AvgIpc) is 2.65. The van der Waals surface area contributed by atoms with Gasteiger partial charge in [0.25, 0.3) is 0 Å². The summed E-state index contributed by atoms with van der Waals surface area (Å²) < 4.78 is 0. The van der Waals surface area contributed by atoms with Gasteiger partial charge >= 0.3 is 0 Å². The molecule has 1 heterocycles. The number of hydrogen-bond donors (Lipinski definition) is 1. The normalized spacial score (nSPS) is 37.4. The molecule has 1 aliphatic heterocycles. The number of benzene rings is 1. The van der Waals surface area contributed by atoms with Crippen LogP contribution in [0.15, 0.2) is 18.2 Å². The van der Waals surface area contributed by atoms with Crippen LogP contribution in [-0.2, 0) is 5.41 Å². The number of hydrogen-bond acceptors (Lipinski definition) is 2. The molecule has 1 aliphatic carbocycles. The van der Waals surface area contributed by atoms with E-state index < -0.39 is 0 Å². The van der Waals surface area contributed by atoms with Crippen LogP contribution < -0.4 is 0 Å². The predicted molar refractivity (Wildman–Crippen MR) is 64.9 cm³/mol. The van der Waals surface area contributed by atoms with Gasteiger partial charge in [0, 0.05) is 11.5 Å². The lowest BCUT2D eigenvalue weighted by atomic mass is 9.80. The minimum absolute atomic E-state index is 0.238. The van der Waals surface area contributed by atoms with Crippen molar-refractivity contribution in [3.8, 4) is 5.75 Å². The number of aromatic hydroxyl groups is 1. The third-order valence-electron chi connectivity index (χ3n) is 4.73. The Morgan fingerprint density at radius 3 is 2.94 bits per heavy atom. The fourth-order valence-electron chi connectivity index (χ4n) is 4.02. The zero-order valence-corrected chi connectivity index (χ0v) is 10.2. The molecular weight excluding hydrogens is 198 g/mol. The first-order chi connectivity index (χ1) is 7.54. The van der Waals surface area contributed by atoms with Gasteiger partial charge in [-0.2, -0.15) is 0 Å². The van der Waals surface area contributed by atoms with Gasteiger partial charge in [-0.1, -0.05) is 19.9 Å². The van der Waals surface area contributed by atoms with Crippen molar-refractivity contribution in [2.75, 3.05) is 13.6 Å². The third kappa shape index (κ3) is 1.06. The van der Waals surface area contributed by atoms with Crippen LogP contribution in [0.3, 0.4) is 0 Å². The maximum absolute atomic E-state index is 9.67. The monoisotopic (exact) mass is 217 g/mol. The second kappa shape index (κ2) is 3.01. The minimum Gasteiger partial charge on any atom is -0.508 e. The molecule has 3 rings (SSSR count). The van der Waals surface area contributed by atoms with E-state index in [4.69, 9.17) is 0 Å². The molecule has 0 radical (unpaired) electrons. The van der Waals surface area contributed by atoms with Crippen LogP contribution in [-0.4, -0.2) is 29.6 Å². The van der Waals surface area contributed by atoms with E-state index in [1.165, 1.54) is 24.1 Å². The van der Waals surface area contributed by atoms with E-state index in [0.717, 1.165) is 0 Å². The molecule has 1 N–H and O–H groups in total.